The molecule has 3 aromatic rings. The zero-order valence-corrected chi connectivity index (χ0v) is 13.3. The first-order valence-corrected chi connectivity index (χ1v) is 7.49. The Bertz CT molecular complexity index is 884. The molecule has 1 N–H and O–H groups in total. The Labute approximate surface area is 137 Å². The molecule has 0 saturated carbocycles. The van der Waals surface area contributed by atoms with Crippen LogP contribution in [0.5, 0.6) is 0 Å². The summed E-state index contributed by atoms with van der Waals surface area (Å²) < 4.78 is 1.97. The molecule has 0 aliphatic rings. The number of fused-ring (bicyclic) bond motifs is 1. The van der Waals surface area contributed by atoms with Crippen molar-refractivity contribution in [2.75, 3.05) is 0 Å². The lowest BCUT2D eigenvalue weighted by molar-refractivity contribution is 0.0698. The Morgan fingerprint density at radius 1 is 1.18 bits per heavy atom. The largest absolute Gasteiger partial charge is 0.478 e. The Morgan fingerprint density at radius 3 is 2.59 bits per heavy atom. The van der Waals surface area contributed by atoms with E-state index in [-0.39, 0.29) is 0 Å². The fraction of sp³-hybridized carbons (Fsp3) is 0.118. The van der Waals surface area contributed by atoms with E-state index in [0.29, 0.717) is 27.8 Å². The van der Waals surface area contributed by atoms with Crippen LogP contribution in [0.1, 0.15) is 21.6 Å². The number of carbonyl (C=O) groups is 1. The van der Waals surface area contributed by atoms with Crippen molar-refractivity contribution in [2.45, 2.75) is 13.5 Å². The molecule has 1 aromatic heterocycles. The first-order chi connectivity index (χ1) is 10.5. The highest BCUT2D eigenvalue weighted by atomic mass is 35.5. The minimum absolute atomic E-state index is 0.334. The van der Waals surface area contributed by atoms with Crippen LogP contribution in [0.3, 0.4) is 0 Å². The molecule has 1 heterocycles. The van der Waals surface area contributed by atoms with Crippen molar-refractivity contribution in [1.29, 1.82) is 0 Å². The number of carboxylic acid groups (broad SMARTS) is 1. The molecule has 0 spiro atoms. The molecule has 0 amide bonds. The minimum Gasteiger partial charge on any atom is -0.478 e. The van der Waals surface area contributed by atoms with E-state index in [1.54, 1.807) is 12.1 Å². The predicted octanol–water partition coefficient (Wildman–Crippen LogP) is 5.00. The van der Waals surface area contributed by atoms with Crippen molar-refractivity contribution in [2.24, 2.45) is 0 Å². The van der Waals surface area contributed by atoms with Crippen molar-refractivity contribution in [3.63, 3.8) is 0 Å². The Kier molecular flexibility index (Phi) is 3.85. The average Bonchev–Trinajstić information content (AvgIpc) is 2.74. The molecule has 22 heavy (non-hydrogen) atoms. The highest BCUT2D eigenvalue weighted by molar-refractivity contribution is 6.35. The summed E-state index contributed by atoms with van der Waals surface area (Å²) in [5, 5.41) is 11.4. The molecule has 2 aromatic carbocycles. The van der Waals surface area contributed by atoms with Crippen molar-refractivity contribution in [1.82, 2.24) is 4.57 Å². The van der Waals surface area contributed by atoms with Crippen molar-refractivity contribution >= 4 is 40.1 Å². The van der Waals surface area contributed by atoms with Gasteiger partial charge in [-0.25, -0.2) is 4.79 Å². The summed E-state index contributed by atoms with van der Waals surface area (Å²) in [4.78, 5) is 11.6. The van der Waals surface area contributed by atoms with E-state index in [4.69, 9.17) is 23.2 Å². The monoisotopic (exact) mass is 333 g/mol. The van der Waals surface area contributed by atoms with Crippen LogP contribution in [-0.4, -0.2) is 15.6 Å². The van der Waals surface area contributed by atoms with Gasteiger partial charge in [0.25, 0.3) is 0 Å². The molecular weight excluding hydrogens is 321 g/mol. The van der Waals surface area contributed by atoms with Gasteiger partial charge in [0.15, 0.2) is 0 Å². The normalized spacial score (nSPS) is 11.0. The van der Waals surface area contributed by atoms with Gasteiger partial charge in [-0.1, -0.05) is 47.5 Å². The van der Waals surface area contributed by atoms with Crippen LogP contribution < -0.4 is 0 Å². The number of benzene rings is 2. The summed E-state index contributed by atoms with van der Waals surface area (Å²) in [7, 11) is 0. The van der Waals surface area contributed by atoms with Crippen LogP contribution >= 0.6 is 23.2 Å². The second kappa shape index (κ2) is 5.67. The summed E-state index contributed by atoms with van der Waals surface area (Å²) >= 11 is 12.2. The van der Waals surface area contributed by atoms with Gasteiger partial charge in [-0.05, 0) is 30.7 Å². The Balaban J connectivity index is 2.19. The zero-order valence-electron chi connectivity index (χ0n) is 11.8. The Morgan fingerprint density at radius 2 is 1.91 bits per heavy atom. The van der Waals surface area contributed by atoms with E-state index in [1.165, 1.54) is 0 Å². The number of aromatic carboxylic acids is 1. The number of halogens is 2. The number of nitrogens with zero attached hydrogens (tertiary/aromatic N) is 1. The minimum atomic E-state index is -0.922. The standard InChI is InChI=1S/C17H13Cl2NO2/c1-10-16(17(21)22)13-4-2-3-5-15(13)20(10)9-11-6-7-12(18)8-14(11)19/h2-8H,9H2,1H3,(H,21,22). The van der Waals surface area contributed by atoms with Crippen LogP contribution in [-0.2, 0) is 6.54 Å². The molecule has 0 saturated heterocycles. The molecule has 112 valence electrons. The topological polar surface area (TPSA) is 42.2 Å². The summed E-state index contributed by atoms with van der Waals surface area (Å²) in [5.74, 6) is -0.922. The van der Waals surface area contributed by atoms with Gasteiger partial charge in [-0.15, -0.1) is 0 Å². The third kappa shape index (κ3) is 2.47. The summed E-state index contributed by atoms with van der Waals surface area (Å²) in [6, 6.07) is 12.8. The molecule has 0 radical (unpaired) electrons. The first kappa shape index (κ1) is 14.9. The molecular formula is C17H13Cl2NO2. The number of aromatic nitrogens is 1. The molecule has 5 heteroatoms. The zero-order chi connectivity index (χ0) is 15.9. The summed E-state index contributed by atoms with van der Waals surface area (Å²) in [6.45, 7) is 2.31. The van der Waals surface area contributed by atoms with E-state index in [1.807, 2.05) is 41.8 Å². The third-order valence-electron chi connectivity index (χ3n) is 3.79. The molecule has 3 rings (SSSR count). The van der Waals surface area contributed by atoms with E-state index in [9.17, 15) is 9.90 Å². The van der Waals surface area contributed by atoms with Crippen molar-refractivity contribution in [3.05, 3.63) is 69.3 Å². The number of rotatable bonds is 3. The summed E-state index contributed by atoms with van der Waals surface area (Å²) in [5.41, 5.74) is 2.82. The van der Waals surface area contributed by atoms with Gasteiger partial charge in [-0.2, -0.15) is 0 Å². The van der Waals surface area contributed by atoms with Crippen molar-refractivity contribution < 1.29 is 9.90 Å². The van der Waals surface area contributed by atoms with Crippen LogP contribution in [0.15, 0.2) is 42.5 Å². The molecule has 0 aliphatic heterocycles. The lowest BCUT2D eigenvalue weighted by Gasteiger charge is -2.10. The van der Waals surface area contributed by atoms with Crippen LogP contribution in [0.2, 0.25) is 10.0 Å². The molecule has 3 nitrogen and oxygen atoms in total. The highest BCUT2D eigenvalue weighted by Gasteiger charge is 2.19. The average molecular weight is 334 g/mol. The van der Waals surface area contributed by atoms with Gasteiger partial charge in [0, 0.05) is 33.2 Å². The lowest BCUT2D eigenvalue weighted by Crippen LogP contribution is -2.05. The van der Waals surface area contributed by atoms with E-state index >= 15 is 0 Å². The lowest BCUT2D eigenvalue weighted by atomic mass is 10.1. The summed E-state index contributed by atoms with van der Waals surface area (Å²) in [6.07, 6.45) is 0. The van der Waals surface area contributed by atoms with Gasteiger partial charge < -0.3 is 9.67 Å². The number of hydrogen-bond acceptors (Lipinski definition) is 1. The van der Waals surface area contributed by atoms with Crippen molar-refractivity contribution in [3.8, 4) is 0 Å². The molecule has 0 fully saturated rings. The highest BCUT2D eigenvalue weighted by Crippen LogP contribution is 2.29. The van der Waals surface area contributed by atoms with Crippen LogP contribution in [0, 0.1) is 6.92 Å². The molecule has 0 aliphatic carbocycles. The number of carboxylic acids is 1. The first-order valence-electron chi connectivity index (χ1n) is 6.74. The molecule has 0 unspecified atom stereocenters. The fourth-order valence-corrected chi connectivity index (χ4v) is 3.19. The second-order valence-electron chi connectivity index (χ2n) is 5.10. The number of para-hydroxylation sites is 1. The van der Waals surface area contributed by atoms with Crippen LogP contribution in [0.25, 0.3) is 10.9 Å². The maximum Gasteiger partial charge on any atom is 0.338 e. The fourth-order valence-electron chi connectivity index (χ4n) is 2.72. The predicted molar refractivity (Wildman–Crippen MR) is 89.2 cm³/mol. The van der Waals surface area contributed by atoms with Crippen LogP contribution in [0.4, 0.5) is 0 Å². The van der Waals surface area contributed by atoms with E-state index < -0.39 is 5.97 Å². The molecule has 0 atom stereocenters. The molecule has 0 bridgehead atoms. The van der Waals surface area contributed by atoms with Gasteiger partial charge in [0.05, 0.1) is 5.56 Å². The van der Waals surface area contributed by atoms with Gasteiger partial charge >= 0.3 is 5.97 Å². The Hall–Kier alpha value is -1.97. The smallest absolute Gasteiger partial charge is 0.338 e. The SMILES string of the molecule is Cc1c(C(=O)O)c2ccccc2n1Cc1ccc(Cl)cc1Cl. The van der Waals surface area contributed by atoms with Gasteiger partial charge in [0.1, 0.15) is 0 Å². The number of hydrogen-bond donors (Lipinski definition) is 1. The quantitative estimate of drug-likeness (QED) is 0.732. The van der Waals surface area contributed by atoms with E-state index in [2.05, 4.69) is 0 Å². The third-order valence-corrected chi connectivity index (χ3v) is 4.38. The van der Waals surface area contributed by atoms with Gasteiger partial charge in [-0.3, -0.25) is 0 Å². The second-order valence-corrected chi connectivity index (χ2v) is 5.95. The maximum absolute atomic E-state index is 11.6. The maximum atomic E-state index is 11.6. The van der Waals surface area contributed by atoms with E-state index in [0.717, 1.165) is 16.5 Å². The van der Waals surface area contributed by atoms with Gasteiger partial charge in [0.2, 0.25) is 0 Å².